The summed E-state index contributed by atoms with van der Waals surface area (Å²) in [7, 11) is 0. The van der Waals surface area contributed by atoms with E-state index in [0.717, 1.165) is 64.6 Å². The van der Waals surface area contributed by atoms with Crippen LogP contribution in [-0.2, 0) is 6.42 Å². The fraction of sp³-hybridized carbons (Fsp3) is 0.290. The molecule has 1 unspecified atom stereocenters. The van der Waals surface area contributed by atoms with E-state index < -0.39 is 0 Å². The van der Waals surface area contributed by atoms with E-state index in [1.165, 1.54) is 17.3 Å². The first kappa shape index (κ1) is 25.2. The Kier molecular flexibility index (Phi) is 7.38. The number of fused-ring (bicyclic) bond motifs is 1. The van der Waals surface area contributed by atoms with Gasteiger partial charge >= 0.3 is 0 Å². The minimum absolute atomic E-state index is 0.0974. The predicted molar refractivity (Wildman–Crippen MR) is 151 cm³/mol. The smallest absolute Gasteiger partial charge is 0.229 e. The van der Waals surface area contributed by atoms with E-state index in [1.807, 2.05) is 43.3 Å². The van der Waals surface area contributed by atoms with E-state index in [0.29, 0.717) is 17.2 Å². The number of hydrogen-bond acceptors (Lipinski definition) is 6. The van der Waals surface area contributed by atoms with E-state index in [9.17, 15) is 10.2 Å². The Bertz CT molecular complexity index is 1400. The lowest BCUT2D eigenvalue weighted by molar-refractivity contribution is 0.409. The number of benzene rings is 2. The Hall–Kier alpha value is -3.51. The highest BCUT2D eigenvalue weighted by atomic mass is 32.2. The van der Waals surface area contributed by atoms with E-state index in [-0.39, 0.29) is 11.6 Å². The summed E-state index contributed by atoms with van der Waals surface area (Å²) in [6.45, 7) is 7.18. The summed E-state index contributed by atoms with van der Waals surface area (Å²) in [5, 5.41) is 22.6. The number of nitrogens with zero attached hydrogens (tertiary/aromatic N) is 3. The SMILES string of the molecule is CCCCc1nc(O)c(Sc2ccc(-c3cccnc3C)cc2)c(O)c1N1CCC(C)c2ccccc21. The van der Waals surface area contributed by atoms with E-state index in [4.69, 9.17) is 0 Å². The number of pyridine rings is 2. The van der Waals surface area contributed by atoms with Gasteiger partial charge in [-0.05, 0) is 67.5 Å². The van der Waals surface area contributed by atoms with Crippen molar-refractivity contribution in [3.05, 3.63) is 83.8 Å². The second-order valence-corrected chi connectivity index (χ2v) is 10.8. The van der Waals surface area contributed by atoms with E-state index >= 15 is 0 Å². The normalized spacial score (nSPS) is 15.0. The standard InChI is InChI=1S/C31H33N3O2S/c1-4-5-11-26-28(34-19-17-20(2)24-9-6-7-12-27(24)34)29(35)30(31(36)33-26)37-23-15-13-22(14-16-23)25-10-8-18-32-21(25)3/h6-10,12-16,18,20H,4-5,11,17,19H2,1-3H3,(H2,33,35,36). The highest BCUT2D eigenvalue weighted by Crippen LogP contribution is 2.50. The molecule has 0 amide bonds. The summed E-state index contributed by atoms with van der Waals surface area (Å²) in [6.07, 6.45) is 5.43. The molecule has 5 nitrogen and oxygen atoms in total. The maximum absolute atomic E-state index is 11.7. The molecule has 3 heterocycles. The van der Waals surface area contributed by atoms with Crippen LogP contribution >= 0.6 is 11.8 Å². The lowest BCUT2D eigenvalue weighted by Gasteiger charge is -2.36. The third kappa shape index (κ3) is 5.03. The Morgan fingerprint density at radius 2 is 1.81 bits per heavy atom. The Morgan fingerprint density at radius 1 is 1.03 bits per heavy atom. The summed E-state index contributed by atoms with van der Waals surface area (Å²) in [4.78, 5) is 12.5. The molecule has 1 aliphatic heterocycles. The molecule has 2 aromatic heterocycles. The van der Waals surface area contributed by atoms with Crippen molar-refractivity contribution in [1.82, 2.24) is 9.97 Å². The summed E-state index contributed by atoms with van der Waals surface area (Å²) < 4.78 is 0. The fourth-order valence-electron chi connectivity index (χ4n) is 5.07. The highest BCUT2D eigenvalue weighted by Gasteiger charge is 2.29. The van der Waals surface area contributed by atoms with Crippen LogP contribution < -0.4 is 4.90 Å². The van der Waals surface area contributed by atoms with Crippen molar-refractivity contribution in [2.24, 2.45) is 0 Å². The number of unbranched alkanes of at least 4 members (excludes halogenated alkanes) is 1. The minimum atomic E-state index is -0.122. The Morgan fingerprint density at radius 3 is 2.57 bits per heavy atom. The first-order valence-corrected chi connectivity index (χ1v) is 13.8. The zero-order chi connectivity index (χ0) is 25.9. The second-order valence-electron chi connectivity index (χ2n) is 9.67. The van der Waals surface area contributed by atoms with Crippen LogP contribution in [0.3, 0.4) is 0 Å². The molecule has 0 bridgehead atoms. The molecule has 5 rings (SSSR count). The van der Waals surface area contributed by atoms with Gasteiger partial charge in [0.2, 0.25) is 5.88 Å². The molecular weight excluding hydrogens is 478 g/mol. The van der Waals surface area contributed by atoms with Gasteiger partial charge in [0.05, 0.1) is 5.69 Å². The Balaban J connectivity index is 1.54. The molecule has 2 aromatic carbocycles. The van der Waals surface area contributed by atoms with Crippen LogP contribution in [-0.4, -0.2) is 26.7 Å². The van der Waals surface area contributed by atoms with Crippen molar-refractivity contribution in [2.45, 2.75) is 62.2 Å². The highest BCUT2D eigenvalue weighted by molar-refractivity contribution is 7.99. The monoisotopic (exact) mass is 511 g/mol. The van der Waals surface area contributed by atoms with Gasteiger partial charge < -0.3 is 15.1 Å². The number of hydrogen-bond donors (Lipinski definition) is 2. The molecule has 37 heavy (non-hydrogen) atoms. The van der Waals surface area contributed by atoms with Crippen LogP contribution in [0.25, 0.3) is 11.1 Å². The van der Waals surface area contributed by atoms with Gasteiger partial charge in [-0.15, -0.1) is 0 Å². The van der Waals surface area contributed by atoms with Crippen LogP contribution in [0.15, 0.2) is 76.7 Å². The molecule has 2 N–H and O–H groups in total. The number of rotatable bonds is 7. The molecule has 0 spiro atoms. The van der Waals surface area contributed by atoms with Crippen molar-refractivity contribution < 1.29 is 10.2 Å². The van der Waals surface area contributed by atoms with Gasteiger partial charge in [-0.1, -0.05) is 68.4 Å². The summed E-state index contributed by atoms with van der Waals surface area (Å²) >= 11 is 1.34. The van der Waals surface area contributed by atoms with Gasteiger partial charge in [0, 0.05) is 34.6 Å². The summed E-state index contributed by atoms with van der Waals surface area (Å²) in [6, 6.07) is 20.5. The van der Waals surface area contributed by atoms with Crippen molar-refractivity contribution in [2.75, 3.05) is 11.4 Å². The van der Waals surface area contributed by atoms with Crippen molar-refractivity contribution in [3.8, 4) is 22.8 Å². The number of para-hydroxylation sites is 1. The van der Waals surface area contributed by atoms with Crippen LogP contribution in [0.5, 0.6) is 11.6 Å². The molecule has 190 valence electrons. The van der Waals surface area contributed by atoms with Gasteiger partial charge in [-0.2, -0.15) is 0 Å². The molecule has 0 saturated heterocycles. The summed E-state index contributed by atoms with van der Waals surface area (Å²) in [5.74, 6) is 0.429. The molecule has 1 atom stereocenters. The topological polar surface area (TPSA) is 69.5 Å². The average Bonchev–Trinajstić information content (AvgIpc) is 2.91. The van der Waals surface area contributed by atoms with Crippen LogP contribution in [0.2, 0.25) is 0 Å². The fourth-order valence-corrected chi connectivity index (χ4v) is 5.91. The number of aromatic hydroxyl groups is 2. The van der Waals surface area contributed by atoms with Gasteiger partial charge in [0.15, 0.2) is 5.75 Å². The zero-order valence-electron chi connectivity index (χ0n) is 21.6. The predicted octanol–water partition coefficient (Wildman–Crippen LogP) is 8.00. The first-order valence-electron chi connectivity index (χ1n) is 13.0. The molecule has 1 aliphatic rings. The minimum Gasteiger partial charge on any atom is -0.504 e. The largest absolute Gasteiger partial charge is 0.504 e. The Labute approximate surface area is 223 Å². The molecule has 4 aromatic rings. The second kappa shape index (κ2) is 10.9. The number of anilines is 2. The quantitative estimate of drug-likeness (QED) is 0.262. The van der Waals surface area contributed by atoms with Crippen molar-refractivity contribution >= 4 is 23.1 Å². The maximum atomic E-state index is 11.7. The molecular formula is C31H33N3O2S. The maximum Gasteiger partial charge on any atom is 0.229 e. The van der Waals surface area contributed by atoms with Gasteiger partial charge in [-0.3, -0.25) is 4.98 Å². The first-order chi connectivity index (χ1) is 18.0. The molecule has 0 saturated carbocycles. The zero-order valence-corrected chi connectivity index (χ0v) is 22.4. The lowest BCUT2D eigenvalue weighted by atomic mass is 9.91. The van der Waals surface area contributed by atoms with Crippen molar-refractivity contribution in [1.29, 1.82) is 0 Å². The third-order valence-electron chi connectivity index (χ3n) is 7.13. The summed E-state index contributed by atoms with van der Waals surface area (Å²) in [5.41, 5.74) is 6.99. The van der Waals surface area contributed by atoms with Crippen LogP contribution in [0.4, 0.5) is 11.4 Å². The molecule has 6 heteroatoms. The number of aryl methyl sites for hydroxylation is 2. The van der Waals surface area contributed by atoms with Crippen LogP contribution in [0.1, 0.15) is 56.0 Å². The van der Waals surface area contributed by atoms with E-state index in [1.54, 1.807) is 6.20 Å². The van der Waals surface area contributed by atoms with Gasteiger partial charge in [-0.25, -0.2) is 4.98 Å². The molecule has 0 radical (unpaired) electrons. The third-order valence-corrected chi connectivity index (χ3v) is 8.22. The van der Waals surface area contributed by atoms with Crippen molar-refractivity contribution in [3.63, 3.8) is 0 Å². The van der Waals surface area contributed by atoms with Gasteiger partial charge in [0.1, 0.15) is 10.6 Å². The van der Waals surface area contributed by atoms with E-state index in [2.05, 4.69) is 53.0 Å². The van der Waals surface area contributed by atoms with Gasteiger partial charge in [0.25, 0.3) is 0 Å². The average molecular weight is 512 g/mol. The molecule has 0 aliphatic carbocycles. The lowest BCUT2D eigenvalue weighted by Crippen LogP contribution is -2.27. The molecule has 0 fully saturated rings. The van der Waals surface area contributed by atoms with Crippen LogP contribution in [0, 0.1) is 6.92 Å². The number of aromatic nitrogens is 2.